The molecule has 1 aromatic rings. The Kier molecular flexibility index (Phi) is 7.05. The SMILES string of the molecule is CCCN(C(=O)c1ccc(COC)o1)C1CCNC1.Cl. The molecule has 1 N–H and O–H groups in total. The maximum Gasteiger partial charge on any atom is 0.289 e. The van der Waals surface area contributed by atoms with Gasteiger partial charge in [-0.3, -0.25) is 4.79 Å². The summed E-state index contributed by atoms with van der Waals surface area (Å²) in [6.07, 6.45) is 1.96. The second-order valence-electron chi connectivity index (χ2n) is 4.84. The number of nitrogens with zero attached hydrogens (tertiary/aromatic N) is 1. The van der Waals surface area contributed by atoms with E-state index in [1.54, 1.807) is 19.2 Å². The predicted molar refractivity (Wildman–Crippen MR) is 79.3 cm³/mol. The molecule has 1 unspecified atom stereocenters. The third kappa shape index (κ3) is 3.98. The smallest absolute Gasteiger partial charge is 0.289 e. The van der Waals surface area contributed by atoms with Gasteiger partial charge < -0.3 is 19.4 Å². The first-order valence-corrected chi connectivity index (χ1v) is 6.85. The summed E-state index contributed by atoms with van der Waals surface area (Å²) in [5.74, 6) is 1.08. The number of furan rings is 1. The fourth-order valence-corrected chi connectivity index (χ4v) is 2.45. The van der Waals surface area contributed by atoms with Crippen LogP contribution in [0.4, 0.5) is 0 Å². The summed E-state index contributed by atoms with van der Waals surface area (Å²) in [6, 6.07) is 3.82. The molecule has 0 radical (unpaired) electrons. The van der Waals surface area contributed by atoms with Crippen molar-refractivity contribution in [3.63, 3.8) is 0 Å². The van der Waals surface area contributed by atoms with Gasteiger partial charge >= 0.3 is 0 Å². The van der Waals surface area contributed by atoms with Crippen LogP contribution in [0.1, 0.15) is 36.1 Å². The van der Waals surface area contributed by atoms with E-state index in [4.69, 9.17) is 9.15 Å². The highest BCUT2D eigenvalue weighted by atomic mass is 35.5. The molecule has 5 nitrogen and oxygen atoms in total. The largest absolute Gasteiger partial charge is 0.453 e. The van der Waals surface area contributed by atoms with Gasteiger partial charge in [0.05, 0.1) is 0 Å². The van der Waals surface area contributed by atoms with Crippen molar-refractivity contribution in [2.24, 2.45) is 0 Å². The zero-order chi connectivity index (χ0) is 13.7. The molecule has 1 amide bonds. The number of rotatable bonds is 6. The van der Waals surface area contributed by atoms with Crippen LogP contribution in [0, 0.1) is 0 Å². The molecule has 20 heavy (non-hydrogen) atoms. The highest BCUT2D eigenvalue weighted by Crippen LogP contribution is 2.16. The second-order valence-corrected chi connectivity index (χ2v) is 4.84. The molecular weight excluding hydrogens is 280 g/mol. The van der Waals surface area contributed by atoms with Crippen LogP contribution in [0.2, 0.25) is 0 Å². The fourth-order valence-electron chi connectivity index (χ4n) is 2.45. The van der Waals surface area contributed by atoms with Gasteiger partial charge in [-0.1, -0.05) is 6.92 Å². The Morgan fingerprint density at radius 3 is 2.95 bits per heavy atom. The number of halogens is 1. The van der Waals surface area contributed by atoms with Crippen molar-refractivity contribution in [2.75, 3.05) is 26.7 Å². The summed E-state index contributed by atoms with van der Waals surface area (Å²) in [4.78, 5) is 14.4. The first kappa shape index (κ1) is 17.0. The molecule has 6 heteroatoms. The van der Waals surface area contributed by atoms with Crippen LogP contribution in [-0.4, -0.2) is 43.6 Å². The number of nitrogens with one attached hydrogen (secondary N) is 1. The average molecular weight is 303 g/mol. The van der Waals surface area contributed by atoms with Crippen LogP contribution < -0.4 is 5.32 Å². The zero-order valence-corrected chi connectivity index (χ0v) is 12.9. The lowest BCUT2D eigenvalue weighted by molar-refractivity contribution is 0.0652. The molecule has 0 saturated carbocycles. The Bertz CT molecular complexity index is 416. The summed E-state index contributed by atoms with van der Waals surface area (Å²) >= 11 is 0. The van der Waals surface area contributed by atoms with Crippen molar-refractivity contribution < 1.29 is 13.9 Å². The minimum absolute atomic E-state index is 0. The van der Waals surface area contributed by atoms with E-state index in [9.17, 15) is 4.79 Å². The predicted octanol–water partition coefficient (Wildman–Crippen LogP) is 2.06. The number of carbonyl (C=O) groups is 1. The number of hydrogen-bond acceptors (Lipinski definition) is 4. The normalized spacial score (nSPS) is 17.8. The minimum atomic E-state index is -0.0158. The first-order chi connectivity index (χ1) is 9.26. The Morgan fingerprint density at radius 2 is 2.35 bits per heavy atom. The molecule has 1 fully saturated rings. The molecule has 0 bridgehead atoms. The Hall–Kier alpha value is -1.04. The van der Waals surface area contributed by atoms with Gasteiger partial charge in [-0.05, 0) is 31.5 Å². The molecule has 1 aliphatic rings. The van der Waals surface area contributed by atoms with E-state index in [1.807, 2.05) is 4.90 Å². The summed E-state index contributed by atoms with van der Waals surface area (Å²) in [6.45, 7) is 5.10. The molecule has 1 aromatic heterocycles. The second kappa shape index (κ2) is 8.29. The molecule has 1 saturated heterocycles. The number of ether oxygens (including phenoxy) is 1. The molecule has 114 valence electrons. The topological polar surface area (TPSA) is 54.7 Å². The van der Waals surface area contributed by atoms with Crippen molar-refractivity contribution in [3.8, 4) is 0 Å². The number of methoxy groups -OCH3 is 1. The van der Waals surface area contributed by atoms with Gasteiger partial charge in [-0.2, -0.15) is 0 Å². The van der Waals surface area contributed by atoms with E-state index in [2.05, 4.69) is 12.2 Å². The van der Waals surface area contributed by atoms with Gasteiger partial charge in [0, 0.05) is 26.2 Å². The maximum atomic E-state index is 12.5. The zero-order valence-electron chi connectivity index (χ0n) is 12.1. The minimum Gasteiger partial charge on any atom is -0.453 e. The average Bonchev–Trinajstić information content (AvgIpc) is 3.06. The molecule has 0 aliphatic carbocycles. The lowest BCUT2D eigenvalue weighted by Crippen LogP contribution is -2.41. The summed E-state index contributed by atoms with van der Waals surface area (Å²) < 4.78 is 10.5. The van der Waals surface area contributed by atoms with E-state index in [1.165, 1.54) is 0 Å². The third-order valence-electron chi connectivity index (χ3n) is 3.36. The first-order valence-electron chi connectivity index (χ1n) is 6.85. The summed E-state index contributed by atoms with van der Waals surface area (Å²) in [5.41, 5.74) is 0. The Balaban J connectivity index is 0.00000200. The molecule has 1 atom stereocenters. The molecule has 2 rings (SSSR count). The van der Waals surface area contributed by atoms with Crippen LogP contribution in [0.3, 0.4) is 0 Å². The van der Waals surface area contributed by atoms with Gasteiger partial charge in [0.25, 0.3) is 5.91 Å². The molecular formula is C14H23ClN2O3. The number of amides is 1. The van der Waals surface area contributed by atoms with E-state index < -0.39 is 0 Å². The van der Waals surface area contributed by atoms with Gasteiger partial charge in [0.1, 0.15) is 12.4 Å². The molecule has 0 aromatic carbocycles. The van der Waals surface area contributed by atoms with Crippen LogP contribution in [0.25, 0.3) is 0 Å². The van der Waals surface area contributed by atoms with E-state index in [-0.39, 0.29) is 24.4 Å². The summed E-state index contributed by atoms with van der Waals surface area (Å²) in [5, 5.41) is 3.30. The third-order valence-corrected chi connectivity index (χ3v) is 3.36. The van der Waals surface area contributed by atoms with Crippen molar-refractivity contribution >= 4 is 18.3 Å². The van der Waals surface area contributed by atoms with Crippen molar-refractivity contribution in [2.45, 2.75) is 32.4 Å². The van der Waals surface area contributed by atoms with Crippen LogP contribution >= 0.6 is 12.4 Å². The van der Waals surface area contributed by atoms with Gasteiger partial charge in [0.15, 0.2) is 5.76 Å². The van der Waals surface area contributed by atoms with Crippen molar-refractivity contribution in [1.82, 2.24) is 10.2 Å². The standard InChI is InChI=1S/C14H22N2O3.ClH/c1-3-8-16(11-6-7-15-9-11)14(17)13-5-4-12(19-13)10-18-2;/h4-5,11,15H,3,6-10H2,1-2H3;1H. The fraction of sp³-hybridized carbons (Fsp3) is 0.643. The monoisotopic (exact) mass is 302 g/mol. The molecule has 2 heterocycles. The highest BCUT2D eigenvalue weighted by Gasteiger charge is 2.28. The van der Waals surface area contributed by atoms with E-state index in [0.717, 1.165) is 32.5 Å². The van der Waals surface area contributed by atoms with Crippen molar-refractivity contribution in [3.05, 3.63) is 23.7 Å². The summed E-state index contributed by atoms with van der Waals surface area (Å²) in [7, 11) is 1.61. The Labute approximate surface area is 126 Å². The molecule has 1 aliphatic heterocycles. The number of carbonyl (C=O) groups excluding carboxylic acids is 1. The van der Waals surface area contributed by atoms with E-state index in [0.29, 0.717) is 18.1 Å². The lowest BCUT2D eigenvalue weighted by atomic mass is 10.2. The van der Waals surface area contributed by atoms with Gasteiger partial charge in [0.2, 0.25) is 0 Å². The number of hydrogen-bond donors (Lipinski definition) is 1. The highest BCUT2D eigenvalue weighted by molar-refractivity contribution is 5.91. The van der Waals surface area contributed by atoms with Crippen molar-refractivity contribution in [1.29, 1.82) is 0 Å². The van der Waals surface area contributed by atoms with E-state index >= 15 is 0 Å². The molecule has 0 spiro atoms. The quantitative estimate of drug-likeness (QED) is 0.874. The Morgan fingerprint density at radius 1 is 1.55 bits per heavy atom. The van der Waals surface area contributed by atoms with Crippen LogP contribution in [0.5, 0.6) is 0 Å². The van der Waals surface area contributed by atoms with Gasteiger partial charge in [-0.15, -0.1) is 12.4 Å². The van der Waals surface area contributed by atoms with Gasteiger partial charge in [-0.25, -0.2) is 0 Å². The maximum absolute atomic E-state index is 12.5. The van der Waals surface area contributed by atoms with Crippen LogP contribution in [0.15, 0.2) is 16.5 Å². The van der Waals surface area contributed by atoms with Crippen LogP contribution in [-0.2, 0) is 11.3 Å². The lowest BCUT2D eigenvalue weighted by Gasteiger charge is -2.27.